The second-order valence-corrected chi connectivity index (χ2v) is 3.97. The lowest BCUT2D eigenvalue weighted by atomic mass is 10.1. The van der Waals surface area contributed by atoms with Gasteiger partial charge < -0.3 is 15.2 Å². The molecule has 0 bridgehead atoms. The Balaban J connectivity index is 2.70. The molecule has 6 nitrogen and oxygen atoms in total. The zero-order chi connectivity index (χ0) is 13.5. The molecule has 0 radical (unpaired) electrons. The Kier molecular flexibility index (Phi) is 5.51. The first-order valence-corrected chi connectivity index (χ1v) is 5.96. The lowest BCUT2D eigenvalue weighted by molar-refractivity contribution is 0.0985. The molecule has 1 heterocycles. The number of hydrogen-bond donors (Lipinski definition) is 2. The average molecular weight is 252 g/mol. The number of aromatic nitrogens is 2. The topological polar surface area (TPSA) is 94.1 Å². The van der Waals surface area contributed by atoms with Crippen LogP contribution in [0, 0.1) is 19.3 Å². The molecule has 1 aromatic heterocycles. The van der Waals surface area contributed by atoms with E-state index < -0.39 is 0 Å². The van der Waals surface area contributed by atoms with E-state index in [0.717, 1.165) is 17.7 Å². The molecule has 3 N–H and O–H groups in total. The molecule has 1 aromatic rings. The lowest BCUT2D eigenvalue weighted by Gasteiger charge is -2.12. The van der Waals surface area contributed by atoms with Gasteiger partial charge >= 0.3 is 0 Å². The average Bonchev–Trinajstić information content (AvgIpc) is 2.33. The molecule has 0 aliphatic rings. The van der Waals surface area contributed by atoms with Gasteiger partial charge in [0, 0.05) is 6.61 Å². The Morgan fingerprint density at radius 3 is 2.56 bits per heavy atom. The zero-order valence-electron chi connectivity index (χ0n) is 11.1. The van der Waals surface area contributed by atoms with Crippen LogP contribution in [-0.4, -0.2) is 35.9 Å². The number of hydrogen-bond acceptors (Lipinski definition) is 5. The molecule has 18 heavy (non-hydrogen) atoms. The fourth-order valence-electron chi connectivity index (χ4n) is 1.45. The summed E-state index contributed by atoms with van der Waals surface area (Å²) in [5.41, 5.74) is 7.62. The van der Waals surface area contributed by atoms with Gasteiger partial charge in [0.15, 0.2) is 0 Å². The van der Waals surface area contributed by atoms with Gasteiger partial charge in [-0.15, -0.1) is 5.10 Å². The molecule has 100 valence electrons. The van der Waals surface area contributed by atoms with Gasteiger partial charge in [-0.1, -0.05) is 6.92 Å². The van der Waals surface area contributed by atoms with Crippen LogP contribution < -0.4 is 10.5 Å². The first-order valence-electron chi connectivity index (χ1n) is 5.96. The molecule has 0 fully saturated rings. The van der Waals surface area contributed by atoms with Crippen LogP contribution in [0.4, 0.5) is 0 Å². The monoisotopic (exact) mass is 252 g/mol. The third kappa shape index (κ3) is 3.66. The van der Waals surface area contributed by atoms with Crippen molar-refractivity contribution in [2.45, 2.75) is 27.2 Å². The predicted molar refractivity (Wildman–Crippen MR) is 69.1 cm³/mol. The molecule has 0 aliphatic carbocycles. The molecular formula is C12H20N4O2. The summed E-state index contributed by atoms with van der Waals surface area (Å²) in [5.74, 6) is 0.237. The van der Waals surface area contributed by atoms with Crippen molar-refractivity contribution in [3.63, 3.8) is 0 Å². The first-order chi connectivity index (χ1) is 8.57. The van der Waals surface area contributed by atoms with Crippen LogP contribution in [-0.2, 0) is 4.74 Å². The minimum Gasteiger partial charge on any atom is -0.474 e. The Morgan fingerprint density at radius 2 is 1.94 bits per heavy atom. The van der Waals surface area contributed by atoms with Gasteiger partial charge in [0.05, 0.1) is 17.9 Å². The van der Waals surface area contributed by atoms with Gasteiger partial charge in [-0.2, -0.15) is 5.10 Å². The van der Waals surface area contributed by atoms with Gasteiger partial charge in [0.2, 0.25) is 5.88 Å². The predicted octanol–water partition coefficient (Wildman–Crippen LogP) is 1.18. The number of nitrogens with two attached hydrogens (primary N) is 1. The number of aryl methyl sites for hydroxylation is 1. The van der Waals surface area contributed by atoms with E-state index >= 15 is 0 Å². The van der Waals surface area contributed by atoms with E-state index in [1.807, 2.05) is 20.8 Å². The van der Waals surface area contributed by atoms with Crippen LogP contribution in [0.1, 0.15) is 30.2 Å². The van der Waals surface area contributed by atoms with E-state index in [1.54, 1.807) is 0 Å². The zero-order valence-corrected chi connectivity index (χ0v) is 11.1. The van der Waals surface area contributed by atoms with Gasteiger partial charge in [-0.25, -0.2) is 0 Å². The van der Waals surface area contributed by atoms with Crippen molar-refractivity contribution < 1.29 is 9.47 Å². The highest BCUT2D eigenvalue weighted by Crippen LogP contribution is 2.19. The normalized spacial score (nSPS) is 10.4. The summed E-state index contributed by atoms with van der Waals surface area (Å²) in [4.78, 5) is 0. The summed E-state index contributed by atoms with van der Waals surface area (Å²) in [5, 5.41) is 15.5. The fourth-order valence-corrected chi connectivity index (χ4v) is 1.45. The molecule has 1 rings (SSSR count). The molecule has 0 atom stereocenters. The van der Waals surface area contributed by atoms with E-state index in [0.29, 0.717) is 31.3 Å². The van der Waals surface area contributed by atoms with Gasteiger partial charge in [0.1, 0.15) is 12.4 Å². The number of nitrogens with zero attached hydrogens (tertiary/aromatic N) is 2. The summed E-state index contributed by atoms with van der Waals surface area (Å²) in [7, 11) is 0. The highest BCUT2D eigenvalue weighted by atomic mass is 16.5. The molecule has 6 heteroatoms. The molecular weight excluding hydrogens is 232 g/mol. The van der Waals surface area contributed by atoms with Crippen molar-refractivity contribution in [2.24, 2.45) is 5.73 Å². The molecule has 0 spiro atoms. The molecule has 0 aromatic carbocycles. The minimum absolute atomic E-state index is 0.0602. The molecule has 0 unspecified atom stereocenters. The summed E-state index contributed by atoms with van der Waals surface area (Å²) < 4.78 is 10.8. The summed E-state index contributed by atoms with van der Waals surface area (Å²) in [6.07, 6.45) is 0.974. The standard InChI is InChI=1S/C12H20N4O2/c1-4-5-17-6-7-18-12-10(11(13)14)8(2)9(3)15-16-12/h4-7H2,1-3H3,(H3,13,14). The van der Waals surface area contributed by atoms with Crippen molar-refractivity contribution in [2.75, 3.05) is 19.8 Å². The minimum atomic E-state index is -0.0602. The first kappa shape index (κ1) is 14.4. The number of amidine groups is 1. The van der Waals surface area contributed by atoms with Crippen molar-refractivity contribution in [3.8, 4) is 5.88 Å². The van der Waals surface area contributed by atoms with E-state index in [1.165, 1.54) is 0 Å². The van der Waals surface area contributed by atoms with Crippen LogP contribution in [0.2, 0.25) is 0 Å². The van der Waals surface area contributed by atoms with E-state index in [-0.39, 0.29) is 5.84 Å². The lowest BCUT2D eigenvalue weighted by Crippen LogP contribution is -2.19. The SMILES string of the molecule is CCCOCCOc1nnc(C)c(C)c1C(=N)N. The third-order valence-corrected chi connectivity index (χ3v) is 2.51. The second kappa shape index (κ2) is 6.90. The third-order valence-electron chi connectivity index (χ3n) is 2.51. The van der Waals surface area contributed by atoms with Crippen molar-refractivity contribution >= 4 is 5.84 Å². The summed E-state index contributed by atoms with van der Waals surface area (Å²) in [6.45, 7) is 7.28. The number of nitrogens with one attached hydrogen (secondary N) is 1. The molecule has 0 aliphatic heterocycles. The second-order valence-electron chi connectivity index (χ2n) is 3.97. The fraction of sp³-hybridized carbons (Fsp3) is 0.583. The van der Waals surface area contributed by atoms with Crippen molar-refractivity contribution in [1.82, 2.24) is 10.2 Å². The van der Waals surface area contributed by atoms with Crippen molar-refractivity contribution in [1.29, 1.82) is 5.41 Å². The van der Waals surface area contributed by atoms with E-state index in [9.17, 15) is 0 Å². The van der Waals surface area contributed by atoms with Gasteiger partial charge in [0.25, 0.3) is 0 Å². The maximum Gasteiger partial charge on any atom is 0.244 e. The summed E-state index contributed by atoms with van der Waals surface area (Å²) in [6, 6.07) is 0. The summed E-state index contributed by atoms with van der Waals surface area (Å²) >= 11 is 0. The van der Waals surface area contributed by atoms with Crippen molar-refractivity contribution in [3.05, 3.63) is 16.8 Å². The van der Waals surface area contributed by atoms with Gasteiger partial charge in [-0.3, -0.25) is 5.41 Å². The maximum absolute atomic E-state index is 7.56. The number of rotatable bonds is 7. The number of ether oxygens (including phenoxy) is 2. The van der Waals surface area contributed by atoms with Crippen LogP contribution in [0.25, 0.3) is 0 Å². The quantitative estimate of drug-likeness (QED) is 0.432. The Hall–Kier alpha value is -1.69. The maximum atomic E-state index is 7.56. The molecule has 0 saturated carbocycles. The largest absolute Gasteiger partial charge is 0.474 e. The number of nitrogen functional groups attached to an aromatic ring is 1. The van der Waals surface area contributed by atoms with Crippen LogP contribution in [0.5, 0.6) is 5.88 Å². The smallest absolute Gasteiger partial charge is 0.244 e. The van der Waals surface area contributed by atoms with Crippen LogP contribution in [0.15, 0.2) is 0 Å². The Labute approximate surface area is 107 Å². The van der Waals surface area contributed by atoms with E-state index in [4.69, 9.17) is 20.6 Å². The van der Waals surface area contributed by atoms with Crippen LogP contribution >= 0.6 is 0 Å². The molecule has 0 saturated heterocycles. The van der Waals surface area contributed by atoms with Gasteiger partial charge in [-0.05, 0) is 25.8 Å². The highest BCUT2D eigenvalue weighted by molar-refractivity contribution is 5.98. The Bertz CT molecular complexity index is 421. The van der Waals surface area contributed by atoms with E-state index in [2.05, 4.69) is 10.2 Å². The Morgan fingerprint density at radius 1 is 1.22 bits per heavy atom. The molecule has 0 amide bonds. The highest BCUT2D eigenvalue weighted by Gasteiger charge is 2.14. The van der Waals surface area contributed by atoms with Crippen LogP contribution in [0.3, 0.4) is 0 Å².